The molecule has 1 aliphatic heterocycles. The first-order valence-corrected chi connectivity index (χ1v) is 4.15. The van der Waals surface area contributed by atoms with E-state index in [1.165, 1.54) is 0 Å². The van der Waals surface area contributed by atoms with E-state index in [0.29, 0.717) is 6.04 Å². The molecule has 0 saturated carbocycles. The Morgan fingerprint density at radius 2 is 2.18 bits per heavy atom. The summed E-state index contributed by atoms with van der Waals surface area (Å²) in [6.07, 6.45) is 5.23. The third-order valence-corrected chi connectivity index (χ3v) is 2.04. The van der Waals surface area contributed by atoms with E-state index in [1.54, 1.807) is 0 Å². The van der Waals surface area contributed by atoms with Crippen molar-refractivity contribution in [2.75, 3.05) is 0 Å². The number of aliphatic hydroxyl groups is 1. The Hall–Kier alpha value is -0.340. The molecule has 1 heterocycles. The average Bonchev–Trinajstić information content (AvgIpc) is 1.86. The van der Waals surface area contributed by atoms with Crippen molar-refractivity contribution in [2.24, 2.45) is 0 Å². The first-order chi connectivity index (χ1) is 5.00. The second-order valence-electron chi connectivity index (χ2n) is 3.86. The second-order valence-corrected chi connectivity index (χ2v) is 3.86. The summed E-state index contributed by atoms with van der Waals surface area (Å²) in [5.74, 6) is 0. The number of hydrogen-bond acceptors (Lipinski definition) is 2. The molecule has 1 rings (SSSR count). The number of rotatable bonds is 1. The van der Waals surface area contributed by atoms with E-state index < -0.39 is 5.60 Å². The highest BCUT2D eigenvalue weighted by Gasteiger charge is 2.26. The van der Waals surface area contributed by atoms with Gasteiger partial charge < -0.3 is 10.4 Å². The molecule has 2 N–H and O–H groups in total. The van der Waals surface area contributed by atoms with Crippen molar-refractivity contribution in [1.82, 2.24) is 5.32 Å². The molecule has 0 spiro atoms. The molecule has 1 aliphatic rings. The lowest BCUT2D eigenvalue weighted by Gasteiger charge is -2.33. The van der Waals surface area contributed by atoms with Crippen molar-refractivity contribution in [3.05, 3.63) is 12.2 Å². The normalized spacial score (nSPS) is 32.4. The van der Waals surface area contributed by atoms with Crippen molar-refractivity contribution in [1.29, 1.82) is 0 Å². The predicted molar refractivity (Wildman–Crippen MR) is 46.4 cm³/mol. The molecule has 0 aromatic carbocycles. The number of nitrogens with one attached hydrogen (secondary N) is 1. The summed E-state index contributed by atoms with van der Waals surface area (Å²) in [7, 11) is 0. The van der Waals surface area contributed by atoms with E-state index in [9.17, 15) is 5.11 Å². The maximum absolute atomic E-state index is 9.65. The van der Waals surface area contributed by atoms with Crippen LogP contribution in [0.3, 0.4) is 0 Å². The molecule has 2 unspecified atom stereocenters. The Labute approximate surface area is 68.3 Å². The van der Waals surface area contributed by atoms with Gasteiger partial charge in [-0.1, -0.05) is 12.2 Å². The fraction of sp³-hybridized carbons (Fsp3) is 0.778. The molecule has 11 heavy (non-hydrogen) atoms. The van der Waals surface area contributed by atoms with Crippen LogP contribution >= 0.6 is 0 Å². The molecule has 0 saturated heterocycles. The summed E-state index contributed by atoms with van der Waals surface area (Å²) in [5.41, 5.74) is -0.648. The van der Waals surface area contributed by atoms with Crippen LogP contribution in [0.2, 0.25) is 0 Å². The van der Waals surface area contributed by atoms with E-state index in [2.05, 4.69) is 18.3 Å². The highest BCUT2D eigenvalue weighted by molar-refractivity contribution is 5.06. The maximum Gasteiger partial charge on any atom is 0.0779 e. The SMILES string of the molecule is CC1CC=CC(C(C)(C)O)N1. The Morgan fingerprint density at radius 1 is 1.55 bits per heavy atom. The van der Waals surface area contributed by atoms with Crippen molar-refractivity contribution in [3.8, 4) is 0 Å². The lowest BCUT2D eigenvalue weighted by atomic mass is 9.94. The lowest BCUT2D eigenvalue weighted by Crippen LogP contribution is -2.50. The fourth-order valence-electron chi connectivity index (χ4n) is 1.29. The zero-order valence-electron chi connectivity index (χ0n) is 7.46. The standard InChI is InChI=1S/C9H17NO/c1-7-5-4-6-8(10-7)9(2,3)11/h4,6-8,10-11H,5H2,1-3H3. The minimum Gasteiger partial charge on any atom is -0.389 e. The molecule has 0 amide bonds. The van der Waals surface area contributed by atoms with Gasteiger partial charge in [0.15, 0.2) is 0 Å². The molecule has 0 aromatic rings. The van der Waals surface area contributed by atoms with Gasteiger partial charge in [-0.05, 0) is 27.2 Å². The van der Waals surface area contributed by atoms with E-state index in [-0.39, 0.29) is 6.04 Å². The fourth-order valence-corrected chi connectivity index (χ4v) is 1.29. The Balaban J connectivity index is 2.60. The van der Waals surface area contributed by atoms with Gasteiger partial charge in [0.2, 0.25) is 0 Å². The van der Waals surface area contributed by atoms with Gasteiger partial charge >= 0.3 is 0 Å². The zero-order chi connectivity index (χ0) is 8.48. The van der Waals surface area contributed by atoms with Crippen LogP contribution in [0.4, 0.5) is 0 Å². The zero-order valence-corrected chi connectivity index (χ0v) is 7.46. The minimum atomic E-state index is -0.648. The van der Waals surface area contributed by atoms with Crippen LogP contribution in [0.1, 0.15) is 27.2 Å². The van der Waals surface area contributed by atoms with Gasteiger partial charge in [-0.2, -0.15) is 0 Å². The molecule has 2 atom stereocenters. The lowest BCUT2D eigenvalue weighted by molar-refractivity contribution is 0.0489. The maximum atomic E-state index is 9.65. The molecule has 2 nitrogen and oxygen atoms in total. The summed E-state index contributed by atoms with van der Waals surface area (Å²) in [4.78, 5) is 0. The predicted octanol–water partition coefficient (Wildman–Crippen LogP) is 1.06. The van der Waals surface area contributed by atoms with Crippen LogP contribution in [0.5, 0.6) is 0 Å². The Bertz CT molecular complexity index is 157. The Morgan fingerprint density at radius 3 is 2.55 bits per heavy atom. The highest BCUT2D eigenvalue weighted by Crippen LogP contribution is 2.15. The summed E-state index contributed by atoms with van der Waals surface area (Å²) >= 11 is 0. The molecular weight excluding hydrogens is 138 g/mol. The second kappa shape index (κ2) is 2.95. The summed E-state index contributed by atoms with van der Waals surface area (Å²) in [6.45, 7) is 5.78. The van der Waals surface area contributed by atoms with Crippen LogP contribution in [0, 0.1) is 0 Å². The topological polar surface area (TPSA) is 32.3 Å². The van der Waals surface area contributed by atoms with Crippen molar-refractivity contribution in [2.45, 2.75) is 44.9 Å². The van der Waals surface area contributed by atoms with E-state index in [1.807, 2.05) is 19.9 Å². The first kappa shape index (κ1) is 8.75. The molecule has 0 radical (unpaired) electrons. The van der Waals surface area contributed by atoms with Crippen molar-refractivity contribution in [3.63, 3.8) is 0 Å². The smallest absolute Gasteiger partial charge is 0.0779 e. The molecule has 0 aromatic heterocycles. The van der Waals surface area contributed by atoms with Gasteiger partial charge in [0.1, 0.15) is 0 Å². The van der Waals surface area contributed by atoms with Gasteiger partial charge in [-0.3, -0.25) is 0 Å². The summed E-state index contributed by atoms with van der Waals surface area (Å²) in [5, 5.41) is 13.0. The average molecular weight is 155 g/mol. The van der Waals surface area contributed by atoms with Crippen LogP contribution in [0.15, 0.2) is 12.2 Å². The molecule has 2 heteroatoms. The molecule has 0 aliphatic carbocycles. The van der Waals surface area contributed by atoms with Crippen LogP contribution in [-0.4, -0.2) is 22.8 Å². The third-order valence-electron chi connectivity index (χ3n) is 2.04. The van der Waals surface area contributed by atoms with Crippen molar-refractivity contribution < 1.29 is 5.11 Å². The van der Waals surface area contributed by atoms with Crippen LogP contribution in [0.25, 0.3) is 0 Å². The largest absolute Gasteiger partial charge is 0.389 e. The first-order valence-electron chi connectivity index (χ1n) is 4.15. The molecular formula is C9H17NO. The van der Waals surface area contributed by atoms with Gasteiger partial charge in [0, 0.05) is 6.04 Å². The van der Waals surface area contributed by atoms with Gasteiger partial charge in [-0.25, -0.2) is 0 Å². The monoisotopic (exact) mass is 155 g/mol. The van der Waals surface area contributed by atoms with E-state index in [4.69, 9.17) is 0 Å². The molecule has 0 bridgehead atoms. The Kier molecular flexibility index (Phi) is 2.35. The van der Waals surface area contributed by atoms with E-state index >= 15 is 0 Å². The number of hydrogen-bond donors (Lipinski definition) is 2. The highest BCUT2D eigenvalue weighted by atomic mass is 16.3. The van der Waals surface area contributed by atoms with Crippen LogP contribution in [-0.2, 0) is 0 Å². The third kappa shape index (κ3) is 2.31. The summed E-state index contributed by atoms with van der Waals surface area (Å²) in [6, 6.07) is 0.586. The molecule has 64 valence electrons. The van der Waals surface area contributed by atoms with Crippen LogP contribution < -0.4 is 5.32 Å². The van der Waals surface area contributed by atoms with Gasteiger partial charge in [0.05, 0.1) is 11.6 Å². The quantitative estimate of drug-likeness (QED) is 0.555. The van der Waals surface area contributed by atoms with Gasteiger partial charge in [0.25, 0.3) is 0 Å². The van der Waals surface area contributed by atoms with E-state index in [0.717, 1.165) is 6.42 Å². The van der Waals surface area contributed by atoms with Crippen molar-refractivity contribution >= 4 is 0 Å². The molecule has 0 fully saturated rings. The summed E-state index contributed by atoms with van der Waals surface area (Å²) < 4.78 is 0. The minimum absolute atomic E-state index is 0.103. The van der Waals surface area contributed by atoms with Gasteiger partial charge in [-0.15, -0.1) is 0 Å².